The van der Waals surface area contributed by atoms with E-state index in [1.54, 1.807) is 0 Å². The van der Waals surface area contributed by atoms with Gasteiger partial charge < -0.3 is 9.13 Å². The van der Waals surface area contributed by atoms with Gasteiger partial charge in [-0.3, -0.25) is 0 Å². The van der Waals surface area contributed by atoms with Crippen LogP contribution >= 0.6 is 14.3 Å². The minimum Gasteiger partial charge on any atom is -0.309 e. The zero-order valence-electron chi connectivity index (χ0n) is 29.8. The lowest BCUT2D eigenvalue weighted by Crippen LogP contribution is -2.31. The second kappa shape index (κ2) is 12.4. The maximum atomic E-state index is 16.0. The number of aryl methyl sites for hydroxylation is 1. The average Bonchev–Trinajstić information content (AvgIpc) is 3.71. The van der Waals surface area contributed by atoms with Gasteiger partial charge in [0.15, 0.2) is 14.3 Å². The van der Waals surface area contributed by atoms with E-state index >= 15 is 9.13 Å². The van der Waals surface area contributed by atoms with Gasteiger partial charge in [0.1, 0.15) is 0 Å². The van der Waals surface area contributed by atoms with Crippen molar-refractivity contribution in [3.63, 3.8) is 0 Å². The van der Waals surface area contributed by atoms with E-state index in [2.05, 4.69) is 104 Å². The van der Waals surface area contributed by atoms with E-state index in [4.69, 9.17) is 0 Å². The first-order valence-corrected chi connectivity index (χ1v) is 21.8. The highest BCUT2D eigenvalue weighted by atomic mass is 31.2. The first-order valence-electron chi connectivity index (χ1n) is 18.4. The van der Waals surface area contributed by atoms with E-state index in [1.165, 1.54) is 22.3 Å². The molecule has 2 nitrogen and oxygen atoms in total. The van der Waals surface area contributed by atoms with Crippen molar-refractivity contribution in [2.24, 2.45) is 0 Å². The Bertz CT molecular complexity index is 2740. The van der Waals surface area contributed by atoms with Gasteiger partial charge in [-0.25, -0.2) is 0 Å². The highest BCUT2D eigenvalue weighted by Gasteiger charge is 2.52. The summed E-state index contributed by atoms with van der Waals surface area (Å²) in [6, 6.07) is 68.2. The van der Waals surface area contributed by atoms with Crippen molar-refractivity contribution in [3.05, 3.63) is 228 Å². The van der Waals surface area contributed by atoms with Crippen LogP contribution in [-0.4, -0.2) is 0 Å². The third kappa shape index (κ3) is 4.54. The summed E-state index contributed by atoms with van der Waals surface area (Å²) >= 11 is 0. The number of benzene rings is 8. The quantitative estimate of drug-likeness (QED) is 0.160. The van der Waals surface area contributed by atoms with Crippen LogP contribution in [0.5, 0.6) is 0 Å². The molecule has 0 N–H and O–H groups in total. The Balaban J connectivity index is 1.29. The van der Waals surface area contributed by atoms with Crippen molar-refractivity contribution >= 4 is 46.1 Å². The summed E-state index contributed by atoms with van der Waals surface area (Å²) in [6.45, 7) is 2.06. The topological polar surface area (TPSA) is 34.1 Å². The van der Waals surface area contributed by atoms with Gasteiger partial charge in [-0.1, -0.05) is 194 Å². The molecule has 2 aliphatic carbocycles. The minimum absolute atomic E-state index is 0.725. The summed E-state index contributed by atoms with van der Waals surface area (Å²) < 4.78 is 31.8. The molecule has 0 saturated heterocycles. The highest BCUT2D eigenvalue weighted by molar-refractivity contribution is 7.85. The van der Waals surface area contributed by atoms with Crippen LogP contribution in [0.4, 0.5) is 0 Å². The number of hydrogen-bond donors (Lipinski definition) is 0. The van der Waals surface area contributed by atoms with E-state index in [9.17, 15) is 0 Å². The third-order valence-corrected chi connectivity index (χ3v) is 17.7. The normalized spacial score (nSPS) is 14.5. The summed E-state index contributed by atoms with van der Waals surface area (Å²) in [7, 11) is -6.61. The molecular formula is C50H36O2P2. The fourth-order valence-corrected chi connectivity index (χ4v) is 14.4. The second-order valence-corrected chi connectivity index (χ2v) is 19.9. The Kier molecular flexibility index (Phi) is 7.54. The van der Waals surface area contributed by atoms with Gasteiger partial charge in [0.2, 0.25) is 0 Å². The van der Waals surface area contributed by atoms with Gasteiger partial charge >= 0.3 is 0 Å². The molecule has 0 heterocycles. The molecule has 1 spiro atoms. The van der Waals surface area contributed by atoms with Crippen molar-refractivity contribution in [3.8, 4) is 22.3 Å². The number of fused-ring (bicyclic) bond motifs is 10. The Morgan fingerprint density at radius 1 is 0.315 bits per heavy atom. The fourth-order valence-electron chi connectivity index (χ4n) is 9.07. The van der Waals surface area contributed by atoms with E-state index in [0.29, 0.717) is 0 Å². The van der Waals surface area contributed by atoms with Gasteiger partial charge in [0, 0.05) is 31.8 Å². The fraction of sp³-hybridized carbons (Fsp3) is 0.0400. The molecule has 8 aromatic rings. The molecule has 0 aromatic heterocycles. The van der Waals surface area contributed by atoms with Gasteiger partial charge in [-0.15, -0.1) is 0 Å². The van der Waals surface area contributed by atoms with Gasteiger partial charge in [-0.2, -0.15) is 0 Å². The van der Waals surface area contributed by atoms with Crippen molar-refractivity contribution in [2.75, 3.05) is 0 Å². The smallest absolute Gasteiger partial charge is 0.171 e. The average molecular weight is 731 g/mol. The van der Waals surface area contributed by atoms with Crippen molar-refractivity contribution in [2.45, 2.75) is 12.3 Å². The van der Waals surface area contributed by atoms with Crippen LogP contribution < -0.4 is 31.8 Å². The molecule has 0 bridgehead atoms. The maximum Gasteiger partial charge on any atom is 0.171 e. The van der Waals surface area contributed by atoms with Gasteiger partial charge in [0.05, 0.1) is 5.41 Å². The zero-order chi connectivity index (χ0) is 36.5. The van der Waals surface area contributed by atoms with Gasteiger partial charge in [-0.05, 0) is 63.6 Å². The standard InChI is InChI=1S/C50H36O2P2/c1-35-25-27-39(28-26-35)54(52,38-19-9-4-10-20-38)41-30-32-45-44-31-29-40(53(51,36-15-5-2-6-16-36)37-17-7-3-8-18-37)33-48(44)50(49(45)34-41)46-23-13-11-21-42(46)43-22-12-14-24-47(43)50/h2-34H,1H3. The molecule has 54 heavy (non-hydrogen) atoms. The molecule has 0 saturated carbocycles. The molecule has 1 unspecified atom stereocenters. The Morgan fingerprint density at radius 2 is 0.630 bits per heavy atom. The van der Waals surface area contributed by atoms with Crippen LogP contribution in [-0.2, 0) is 14.5 Å². The van der Waals surface area contributed by atoms with E-state index < -0.39 is 19.7 Å². The monoisotopic (exact) mass is 730 g/mol. The lowest BCUT2D eigenvalue weighted by atomic mass is 9.70. The molecular weight excluding hydrogens is 694 g/mol. The third-order valence-electron chi connectivity index (χ3n) is 11.5. The molecule has 4 heteroatoms. The molecule has 1 atom stereocenters. The first-order chi connectivity index (χ1) is 26.4. The Labute approximate surface area is 316 Å². The summed E-state index contributed by atoms with van der Waals surface area (Å²) in [5, 5.41) is 4.81. The largest absolute Gasteiger partial charge is 0.309 e. The minimum atomic E-state index is -3.31. The molecule has 2 aliphatic rings. The summed E-state index contributed by atoms with van der Waals surface area (Å²) in [5.74, 6) is 0. The van der Waals surface area contributed by atoms with E-state index in [0.717, 1.165) is 59.6 Å². The van der Waals surface area contributed by atoms with E-state index in [-0.39, 0.29) is 0 Å². The molecule has 258 valence electrons. The Morgan fingerprint density at radius 3 is 1.04 bits per heavy atom. The maximum absolute atomic E-state index is 16.0. The molecule has 0 fully saturated rings. The van der Waals surface area contributed by atoms with Crippen molar-refractivity contribution < 1.29 is 9.13 Å². The van der Waals surface area contributed by atoms with Crippen LogP contribution in [0.1, 0.15) is 27.8 Å². The molecule has 10 rings (SSSR count). The van der Waals surface area contributed by atoms with Crippen LogP contribution in [0.25, 0.3) is 22.3 Å². The van der Waals surface area contributed by atoms with Crippen LogP contribution in [0.15, 0.2) is 200 Å². The van der Waals surface area contributed by atoms with Crippen LogP contribution in [0.3, 0.4) is 0 Å². The molecule has 0 radical (unpaired) electrons. The molecule has 0 aliphatic heterocycles. The SMILES string of the molecule is Cc1ccc(P(=O)(c2ccccc2)c2ccc3c(c2)C2(c4ccccc4-c4ccccc42)c2cc(P(=O)(c4ccccc4)c4ccccc4)ccc2-3)cc1. The zero-order valence-corrected chi connectivity index (χ0v) is 31.6. The highest BCUT2D eigenvalue weighted by Crippen LogP contribution is 2.63. The lowest BCUT2D eigenvalue weighted by Gasteiger charge is -2.32. The van der Waals surface area contributed by atoms with Crippen LogP contribution in [0, 0.1) is 6.92 Å². The predicted octanol–water partition coefficient (Wildman–Crippen LogP) is 9.62. The predicted molar refractivity (Wildman–Crippen MR) is 226 cm³/mol. The number of hydrogen-bond acceptors (Lipinski definition) is 2. The number of rotatable bonds is 6. The summed E-state index contributed by atoms with van der Waals surface area (Å²) in [4.78, 5) is 0. The summed E-state index contributed by atoms with van der Waals surface area (Å²) in [6.07, 6.45) is 0. The Hall–Kier alpha value is -5.78. The molecule has 8 aromatic carbocycles. The van der Waals surface area contributed by atoms with Gasteiger partial charge in [0.25, 0.3) is 0 Å². The van der Waals surface area contributed by atoms with E-state index in [1.807, 2.05) is 103 Å². The molecule has 0 amide bonds. The van der Waals surface area contributed by atoms with Crippen molar-refractivity contribution in [1.29, 1.82) is 0 Å². The second-order valence-electron chi connectivity index (χ2n) is 14.4. The summed E-state index contributed by atoms with van der Waals surface area (Å²) in [5.41, 5.74) is 9.52. The first kappa shape index (κ1) is 32.8. The van der Waals surface area contributed by atoms with Crippen molar-refractivity contribution in [1.82, 2.24) is 0 Å². The van der Waals surface area contributed by atoms with Crippen LogP contribution in [0.2, 0.25) is 0 Å². The lowest BCUT2D eigenvalue weighted by molar-refractivity contribution is 0.591.